The lowest BCUT2D eigenvalue weighted by Crippen LogP contribution is -2.01. The minimum Gasteiger partial charge on any atom is -0.488 e. The summed E-state index contributed by atoms with van der Waals surface area (Å²) in [6.45, 7) is 0.205. The molecule has 0 aromatic heterocycles. The van der Waals surface area contributed by atoms with Crippen LogP contribution in [-0.2, 0) is 6.61 Å². The van der Waals surface area contributed by atoms with Gasteiger partial charge in [-0.1, -0.05) is 0 Å². The fraction of sp³-hybridized carbons (Fsp3) is 0.0714. The molecule has 2 rings (SSSR count). The minimum atomic E-state index is -1.02. The number of benzene rings is 2. The number of carbonyl (C=O) groups is 1. The van der Waals surface area contributed by atoms with Crippen molar-refractivity contribution in [3.8, 4) is 5.75 Å². The molecule has 0 heterocycles. The molecule has 0 unspecified atom stereocenters. The fourth-order valence-electron chi connectivity index (χ4n) is 1.62. The SMILES string of the molecule is O=C(O)c1ccc(I)c(OCc2ccc([N+](=O)[O-])cc2)c1. The molecule has 0 radical (unpaired) electrons. The Balaban J connectivity index is 2.10. The van der Waals surface area contributed by atoms with Crippen molar-refractivity contribution in [2.45, 2.75) is 6.61 Å². The van der Waals surface area contributed by atoms with E-state index in [0.29, 0.717) is 5.75 Å². The van der Waals surface area contributed by atoms with Gasteiger partial charge in [-0.2, -0.15) is 0 Å². The number of aromatic carboxylic acids is 1. The lowest BCUT2D eigenvalue weighted by Gasteiger charge is -2.09. The van der Waals surface area contributed by atoms with Gasteiger partial charge in [-0.3, -0.25) is 10.1 Å². The van der Waals surface area contributed by atoms with Crippen molar-refractivity contribution >= 4 is 34.2 Å². The molecule has 21 heavy (non-hydrogen) atoms. The number of non-ortho nitro benzene ring substituents is 1. The monoisotopic (exact) mass is 399 g/mol. The Kier molecular flexibility index (Phi) is 4.73. The summed E-state index contributed by atoms with van der Waals surface area (Å²) in [6.07, 6.45) is 0. The van der Waals surface area contributed by atoms with Crippen molar-refractivity contribution in [3.05, 3.63) is 67.3 Å². The highest BCUT2D eigenvalue weighted by Gasteiger charge is 2.09. The topological polar surface area (TPSA) is 89.7 Å². The summed E-state index contributed by atoms with van der Waals surface area (Å²) in [5, 5.41) is 19.5. The van der Waals surface area contributed by atoms with Crippen LogP contribution < -0.4 is 4.74 Å². The van der Waals surface area contributed by atoms with Crippen LogP contribution in [0, 0.1) is 13.7 Å². The average Bonchev–Trinajstić information content (AvgIpc) is 2.46. The van der Waals surface area contributed by atoms with E-state index < -0.39 is 10.9 Å². The first kappa shape index (κ1) is 15.2. The molecule has 0 fully saturated rings. The van der Waals surface area contributed by atoms with Gasteiger partial charge in [0.1, 0.15) is 12.4 Å². The zero-order chi connectivity index (χ0) is 15.4. The van der Waals surface area contributed by atoms with E-state index in [1.54, 1.807) is 18.2 Å². The van der Waals surface area contributed by atoms with E-state index >= 15 is 0 Å². The van der Waals surface area contributed by atoms with Gasteiger partial charge < -0.3 is 9.84 Å². The van der Waals surface area contributed by atoms with Crippen LogP contribution in [0.4, 0.5) is 5.69 Å². The van der Waals surface area contributed by atoms with Gasteiger partial charge in [-0.15, -0.1) is 0 Å². The highest BCUT2D eigenvalue weighted by molar-refractivity contribution is 14.1. The zero-order valence-corrected chi connectivity index (χ0v) is 12.8. The number of ether oxygens (including phenoxy) is 1. The largest absolute Gasteiger partial charge is 0.488 e. The van der Waals surface area contributed by atoms with E-state index in [4.69, 9.17) is 9.84 Å². The van der Waals surface area contributed by atoms with E-state index in [1.165, 1.54) is 24.3 Å². The predicted octanol–water partition coefficient (Wildman–Crippen LogP) is 3.48. The second-order valence-corrected chi connectivity index (χ2v) is 5.32. The lowest BCUT2D eigenvalue weighted by atomic mass is 10.2. The van der Waals surface area contributed by atoms with Gasteiger partial charge in [0.25, 0.3) is 5.69 Å². The lowest BCUT2D eigenvalue weighted by molar-refractivity contribution is -0.384. The van der Waals surface area contributed by atoms with Crippen molar-refractivity contribution in [2.24, 2.45) is 0 Å². The maximum absolute atomic E-state index is 10.9. The summed E-state index contributed by atoms with van der Waals surface area (Å²) < 4.78 is 6.36. The number of halogens is 1. The summed E-state index contributed by atoms with van der Waals surface area (Å²) in [5.74, 6) is -0.555. The van der Waals surface area contributed by atoms with E-state index in [-0.39, 0.29) is 17.9 Å². The van der Waals surface area contributed by atoms with E-state index in [1.807, 2.05) is 22.6 Å². The van der Waals surface area contributed by atoms with Crippen LogP contribution >= 0.6 is 22.6 Å². The summed E-state index contributed by atoms with van der Waals surface area (Å²) >= 11 is 2.05. The second kappa shape index (κ2) is 6.53. The Bertz CT molecular complexity index is 684. The first-order chi connectivity index (χ1) is 9.97. The van der Waals surface area contributed by atoms with Crippen molar-refractivity contribution in [3.63, 3.8) is 0 Å². The first-order valence-electron chi connectivity index (χ1n) is 5.86. The average molecular weight is 399 g/mol. The molecule has 0 aliphatic rings. The summed E-state index contributed by atoms with van der Waals surface area (Å²) in [5.41, 5.74) is 0.924. The van der Waals surface area contributed by atoms with Crippen molar-refractivity contribution in [1.82, 2.24) is 0 Å². The summed E-state index contributed by atoms with van der Waals surface area (Å²) in [4.78, 5) is 21.0. The van der Waals surface area contributed by atoms with Gasteiger partial charge in [-0.05, 0) is 58.5 Å². The number of nitro groups is 1. The predicted molar refractivity (Wildman–Crippen MR) is 83.5 cm³/mol. The molecule has 2 aromatic carbocycles. The third kappa shape index (κ3) is 3.91. The molecule has 0 amide bonds. The van der Waals surface area contributed by atoms with Gasteiger partial charge in [0, 0.05) is 12.1 Å². The van der Waals surface area contributed by atoms with Gasteiger partial charge in [0.2, 0.25) is 0 Å². The molecule has 108 valence electrons. The zero-order valence-electron chi connectivity index (χ0n) is 10.7. The maximum Gasteiger partial charge on any atom is 0.335 e. The number of nitrogens with zero attached hydrogens (tertiary/aromatic N) is 1. The van der Waals surface area contributed by atoms with Crippen molar-refractivity contribution in [2.75, 3.05) is 0 Å². The smallest absolute Gasteiger partial charge is 0.335 e. The molecule has 1 N–H and O–H groups in total. The molecule has 6 nitrogen and oxygen atoms in total. The number of nitro benzene ring substituents is 1. The molecular weight excluding hydrogens is 389 g/mol. The van der Waals surface area contributed by atoms with Crippen molar-refractivity contribution in [1.29, 1.82) is 0 Å². The molecule has 0 spiro atoms. The molecular formula is C14H10INO5. The quantitative estimate of drug-likeness (QED) is 0.473. The maximum atomic E-state index is 10.9. The number of rotatable bonds is 5. The Morgan fingerprint density at radius 1 is 1.24 bits per heavy atom. The molecule has 7 heteroatoms. The van der Waals surface area contributed by atoms with E-state index in [0.717, 1.165) is 9.13 Å². The van der Waals surface area contributed by atoms with Crippen LogP contribution in [0.1, 0.15) is 15.9 Å². The normalized spacial score (nSPS) is 10.1. The number of hydrogen-bond acceptors (Lipinski definition) is 4. The third-order valence-electron chi connectivity index (χ3n) is 2.72. The second-order valence-electron chi connectivity index (χ2n) is 4.16. The number of hydrogen-bond donors (Lipinski definition) is 1. The van der Waals surface area contributed by atoms with Crippen LogP contribution in [0.15, 0.2) is 42.5 Å². The molecule has 0 bridgehead atoms. The fourth-order valence-corrected chi connectivity index (χ4v) is 2.11. The van der Waals surface area contributed by atoms with Crippen LogP contribution in [-0.4, -0.2) is 16.0 Å². The van der Waals surface area contributed by atoms with Crippen LogP contribution in [0.25, 0.3) is 0 Å². The molecule has 2 aromatic rings. The third-order valence-corrected chi connectivity index (χ3v) is 3.61. The highest BCUT2D eigenvalue weighted by Crippen LogP contribution is 2.24. The van der Waals surface area contributed by atoms with Crippen LogP contribution in [0.2, 0.25) is 0 Å². The van der Waals surface area contributed by atoms with Gasteiger partial charge in [-0.25, -0.2) is 4.79 Å². The molecule has 0 saturated heterocycles. The minimum absolute atomic E-state index is 0.0150. The first-order valence-corrected chi connectivity index (χ1v) is 6.94. The highest BCUT2D eigenvalue weighted by atomic mass is 127. The molecule has 0 aliphatic carbocycles. The van der Waals surface area contributed by atoms with Gasteiger partial charge in [0.15, 0.2) is 0 Å². The molecule has 0 aliphatic heterocycles. The Morgan fingerprint density at radius 2 is 1.90 bits per heavy atom. The molecule has 0 saturated carbocycles. The van der Waals surface area contributed by atoms with Crippen molar-refractivity contribution < 1.29 is 19.6 Å². The summed E-state index contributed by atoms with van der Waals surface area (Å²) in [6, 6.07) is 10.6. The standard InChI is InChI=1S/C14H10INO5/c15-12-6-3-10(14(17)18)7-13(12)21-8-9-1-4-11(5-2-9)16(19)20/h1-7H,8H2,(H,17,18). The van der Waals surface area contributed by atoms with E-state index in [2.05, 4.69) is 0 Å². The van der Waals surface area contributed by atoms with E-state index in [9.17, 15) is 14.9 Å². The summed E-state index contributed by atoms with van der Waals surface area (Å²) in [7, 11) is 0. The van der Waals surface area contributed by atoms with Gasteiger partial charge >= 0.3 is 5.97 Å². The number of carboxylic acids is 1. The van der Waals surface area contributed by atoms with Crippen LogP contribution in [0.3, 0.4) is 0 Å². The Labute approximate surface area is 133 Å². The number of carboxylic acid groups (broad SMARTS) is 1. The Morgan fingerprint density at radius 3 is 2.48 bits per heavy atom. The van der Waals surface area contributed by atoms with Crippen LogP contribution in [0.5, 0.6) is 5.75 Å². The Hall–Kier alpha value is -2.16. The molecule has 0 atom stereocenters. The van der Waals surface area contributed by atoms with Gasteiger partial charge in [0.05, 0.1) is 14.1 Å².